The van der Waals surface area contributed by atoms with E-state index in [-0.39, 0.29) is 5.96 Å². The van der Waals surface area contributed by atoms with Gasteiger partial charge in [-0.05, 0) is 11.9 Å². The van der Waals surface area contributed by atoms with E-state index in [4.69, 9.17) is 16.7 Å². The maximum absolute atomic E-state index is 8.43. The molecule has 1 rings (SSSR count). The molecule has 1 aromatic heterocycles. The van der Waals surface area contributed by atoms with Crippen LogP contribution in [0.1, 0.15) is 5.69 Å². The molecule has 96 valence electrons. The Morgan fingerprint density at radius 2 is 2.44 bits per heavy atom. The molecule has 18 heavy (non-hydrogen) atoms. The summed E-state index contributed by atoms with van der Waals surface area (Å²) in [6, 6.07) is 0. The zero-order valence-electron chi connectivity index (χ0n) is 9.54. The van der Waals surface area contributed by atoms with Gasteiger partial charge in [0.15, 0.2) is 12.2 Å². The number of rotatable bonds is 4. The van der Waals surface area contributed by atoms with Crippen LogP contribution in [0.25, 0.3) is 0 Å². The fourth-order valence-corrected chi connectivity index (χ4v) is 2.34. The van der Waals surface area contributed by atoms with E-state index in [0.717, 1.165) is 5.69 Å². The van der Waals surface area contributed by atoms with E-state index in [2.05, 4.69) is 25.0 Å². The molecule has 0 aliphatic carbocycles. The Labute approximate surface area is 112 Å². The molecule has 0 aromatic carbocycles. The van der Waals surface area contributed by atoms with Crippen molar-refractivity contribution in [1.29, 1.82) is 5.26 Å². The Morgan fingerprint density at radius 1 is 1.67 bits per heavy atom. The molecule has 1 heterocycles. The van der Waals surface area contributed by atoms with Gasteiger partial charge >= 0.3 is 0 Å². The van der Waals surface area contributed by atoms with E-state index in [0.29, 0.717) is 16.8 Å². The fourth-order valence-electron chi connectivity index (χ4n) is 0.883. The van der Waals surface area contributed by atoms with Crippen molar-refractivity contribution < 1.29 is 0 Å². The highest BCUT2D eigenvalue weighted by molar-refractivity contribution is 7.97. The van der Waals surface area contributed by atoms with Crippen molar-refractivity contribution in [2.24, 2.45) is 21.5 Å². The van der Waals surface area contributed by atoms with E-state index >= 15 is 0 Å². The smallest absolute Gasteiger partial charge is 0.214 e. The van der Waals surface area contributed by atoms with Gasteiger partial charge < -0.3 is 11.5 Å². The van der Waals surface area contributed by atoms with Crippen LogP contribution in [0.3, 0.4) is 0 Å². The SMILES string of the molecule is CN=C(NC#N)NSCc1csc(N=C(N)N)n1. The molecule has 0 bridgehead atoms. The predicted molar refractivity (Wildman–Crippen MR) is 74.1 cm³/mol. The van der Waals surface area contributed by atoms with E-state index < -0.39 is 0 Å². The Hall–Kier alpha value is -1.99. The Kier molecular flexibility index (Phi) is 5.75. The molecule has 0 unspecified atom stereocenters. The van der Waals surface area contributed by atoms with E-state index in [1.807, 2.05) is 5.38 Å². The van der Waals surface area contributed by atoms with Gasteiger partial charge in [0.05, 0.1) is 11.4 Å². The molecular formula is C8H12N8S2. The largest absolute Gasteiger partial charge is 0.370 e. The minimum absolute atomic E-state index is 0.0136. The third-order valence-corrected chi connectivity index (χ3v) is 3.11. The molecule has 0 aliphatic heterocycles. The van der Waals surface area contributed by atoms with Gasteiger partial charge in [-0.25, -0.2) is 4.98 Å². The zero-order chi connectivity index (χ0) is 13.4. The molecule has 0 fully saturated rings. The average Bonchev–Trinajstić information content (AvgIpc) is 2.74. The summed E-state index contributed by atoms with van der Waals surface area (Å²) in [4.78, 5) is 11.9. The number of thiazole rings is 1. The summed E-state index contributed by atoms with van der Waals surface area (Å²) in [5, 5.41) is 13.2. The predicted octanol–water partition coefficient (Wildman–Crippen LogP) is -0.158. The lowest BCUT2D eigenvalue weighted by Crippen LogP contribution is -2.29. The van der Waals surface area contributed by atoms with Crippen LogP contribution in [-0.4, -0.2) is 24.0 Å². The number of hydrogen-bond acceptors (Lipinski definition) is 6. The molecule has 0 aliphatic rings. The molecule has 0 radical (unpaired) electrons. The van der Waals surface area contributed by atoms with Gasteiger partial charge in [-0.15, -0.1) is 11.3 Å². The van der Waals surface area contributed by atoms with Crippen LogP contribution in [0.5, 0.6) is 0 Å². The maximum atomic E-state index is 8.43. The first-order chi connectivity index (χ1) is 8.65. The first-order valence-corrected chi connectivity index (χ1v) is 6.56. The van der Waals surface area contributed by atoms with E-state index in [9.17, 15) is 0 Å². The molecule has 0 spiro atoms. The number of guanidine groups is 2. The van der Waals surface area contributed by atoms with Gasteiger partial charge in [0, 0.05) is 12.4 Å². The second-order valence-corrected chi connectivity index (χ2v) is 4.48. The Bertz CT molecular complexity index is 482. The van der Waals surface area contributed by atoms with E-state index in [1.54, 1.807) is 13.2 Å². The van der Waals surface area contributed by atoms with Crippen LogP contribution in [-0.2, 0) is 5.75 Å². The minimum atomic E-state index is -0.0136. The average molecular weight is 284 g/mol. The third kappa shape index (κ3) is 4.89. The van der Waals surface area contributed by atoms with Crippen molar-refractivity contribution in [1.82, 2.24) is 15.0 Å². The van der Waals surface area contributed by atoms with Gasteiger partial charge in [-0.1, -0.05) is 0 Å². The number of nitrogens with two attached hydrogens (primary N) is 2. The van der Waals surface area contributed by atoms with E-state index in [1.165, 1.54) is 23.3 Å². The summed E-state index contributed by atoms with van der Waals surface area (Å²) in [6.45, 7) is 0. The first kappa shape index (κ1) is 14.1. The Balaban J connectivity index is 2.43. The van der Waals surface area contributed by atoms with Crippen molar-refractivity contribution in [3.63, 3.8) is 0 Å². The van der Waals surface area contributed by atoms with Gasteiger partial charge in [0.2, 0.25) is 11.1 Å². The van der Waals surface area contributed by atoms with Crippen molar-refractivity contribution in [2.75, 3.05) is 7.05 Å². The summed E-state index contributed by atoms with van der Waals surface area (Å²) in [5.41, 5.74) is 11.3. The van der Waals surface area contributed by atoms with Crippen LogP contribution in [0.4, 0.5) is 5.13 Å². The summed E-state index contributed by atoms with van der Waals surface area (Å²) < 4.78 is 2.88. The summed E-state index contributed by atoms with van der Waals surface area (Å²) in [6.07, 6.45) is 1.78. The van der Waals surface area contributed by atoms with Crippen molar-refractivity contribution in [3.8, 4) is 6.19 Å². The van der Waals surface area contributed by atoms with Gasteiger partial charge in [-0.2, -0.15) is 10.3 Å². The van der Waals surface area contributed by atoms with Crippen LogP contribution in [0.15, 0.2) is 15.4 Å². The van der Waals surface area contributed by atoms with Crippen molar-refractivity contribution in [2.45, 2.75) is 5.75 Å². The molecule has 10 heteroatoms. The third-order valence-electron chi connectivity index (χ3n) is 1.55. The summed E-state index contributed by atoms with van der Waals surface area (Å²) >= 11 is 2.70. The van der Waals surface area contributed by atoms with Gasteiger partial charge in [0.1, 0.15) is 0 Å². The Morgan fingerprint density at radius 3 is 3.06 bits per heavy atom. The van der Waals surface area contributed by atoms with Gasteiger partial charge in [0.25, 0.3) is 0 Å². The standard InChI is InChI=1S/C8H12N8S2/c1-12-7(13-4-9)16-18-3-5-2-17-8(14-5)15-6(10)11/h2H,3H2,1H3,(H2,12,13,16)(H4,10,11,14,15). The lowest BCUT2D eigenvalue weighted by atomic mass is 10.6. The van der Waals surface area contributed by atoms with Crippen LogP contribution in [0, 0.1) is 11.5 Å². The molecule has 0 atom stereocenters. The molecule has 8 nitrogen and oxygen atoms in total. The van der Waals surface area contributed by atoms with Crippen LogP contribution < -0.4 is 21.5 Å². The molecular weight excluding hydrogens is 272 g/mol. The normalized spacial score (nSPS) is 10.6. The number of aliphatic imine (C=N–C) groups is 2. The molecule has 6 N–H and O–H groups in total. The number of nitriles is 1. The molecule has 0 amide bonds. The zero-order valence-corrected chi connectivity index (χ0v) is 11.2. The summed E-state index contributed by atoms with van der Waals surface area (Å²) in [5.74, 6) is 0.977. The highest BCUT2D eigenvalue weighted by Crippen LogP contribution is 2.20. The fraction of sp³-hybridized carbons (Fsp3) is 0.250. The van der Waals surface area contributed by atoms with Crippen molar-refractivity contribution >= 4 is 40.3 Å². The number of hydrogen-bond donors (Lipinski definition) is 4. The molecule has 0 saturated carbocycles. The second kappa shape index (κ2) is 7.36. The topological polar surface area (TPSA) is 138 Å². The highest BCUT2D eigenvalue weighted by Gasteiger charge is 2.02. The number of nitrogens with zero attached hydrogens (tertiary/aromatic N) is 4. The quantitative estimate of drug-likeness (QED) is 0.198. The number of aromatic nitrogens is 1. The number of nitrogens with one attached hydrogen (secondary N) is 2. The van der Waals surface area contributed by atoms with Crippen LogP contribution >= 0.6 is 23.3 Å². The van der Waals surface area contributed by atoms with Gasteiger partial charge in [-0.3, -0.25) is 15.0 Å². The monoisotopic (exact) mass is 284 g/mol. The summed E-state index contributed by atoms with van der Waals surface area (Å²) in [7, 11) is 1.58. The second-order valence-electron chi connectivity index (χ2n) is 2.86. The lowest BCUT2D eigenvalue weighted by molar-refractivity contribution is 1.15. The van der Waals surface area contributed by atoms with Crippen molar-refractivity contribution in [3.05, 3.63) is 11.1 Å². The minimum Gasteiger partial charge on any atom is -0.370 e. The molecule has 0 saturated heterocycles. The first-order valence-electron chi connectivity index (χ1n) is 4.69. The maximum Gasteiger partial charge on any atom is 0.214 e. The lowest BCUT2D eigenvalue weighted by Gasteiger charge is -2.03. The molecule has 1 aromatic rings. The van der Waals surface area contributed by atoms with Crippen LogP contribution in [0.2, 0.25) is 0 Å². The highest BCUT2D eigenvalue weighted by atomic mass is 32.2.